The fraction of sp³-hybridized carbons (Fsp3) is 0.438. The van der Waals surface area contributed by atoms with Crippen molar-refractivity contribution in [2.75, 3.05) is 54.1 Å². The van der Waals surface area contributed by atoms with E-state index in [2.05, 4.69) is 17.2 Å². The highest BCUT2D eigenvalue weighted by Gasteiger charge is 2.50. The van der Waals surface area contributed by atoms with Crippen molar-refractivity contribution in [1.29, 1.82) is 0 Å². The molecule has 0 saturated carbocycles. The van der Waals surface area contributed by atoms with Crippen LogP contribution in [0.25, 0.3) is 0 Å². The van der Waals surface area contributed by atoms with E-state index in [4.69, 9.17) is 14.2 Å². The minimum absolute atomic E-state index is 0.0680. The van der Waals surface area contributed by atoms with Crippen molar-refractivity contribution in [3.8, 4) is 11.5 Å². The molecule has 5 amide bonds. The van der Waals surface area contributed by atoms with Crippen molar-refractivity contribution in [3.63, 3.8) is 0 Å². The van der Waals surface area contributed by atoms with E-state index in [1.807, 2.05) is 12.1 Å². The third kappa shape index (κ3) is 8.24. The number of carbonyl (C=O) groups is 4. The van der Waals surface area contributed by atoms with E-state index < -0.39 is 24.3 Å². The van der Waals surface area contributed by atoms with Crippen LogP contribution >= 0.6 is 0 Å². The SMILES string of the molecule is C=CCOC(=O)NCCC[C@H]1C(=O)N(CCc2ccc(OC)c(OC)c2)C[C@H]2N1C(=O)CN(C)N2C(=O)NCc1ccc(F)cc1. The normalized spacial score (nSPS) is 18.1. The van der Waals surface area contributed by atoms with Gasteiger partial charge in [-0.15, -0.1) is 0 Å². The molecule has 2 aromatic rings. The second kappa shape index (κ2) is 15.9. The molecule has 2 aromatic carbocycles. The largest absolute Gasteiger partial charge is 0.493 e. The number of benzene rings is 2. The first-order valence-electron chi connectivity index (χ1n) is 15.0. The molecule has 0 aliphatic carbocycles. The lowest BCUT2D eigenvalue weighted by Gasteiger charge is -2.54. The number of methoxy groups -OCH3 is 2. The molecule has 2 atom stereocenters. The molecule has 0 spiro atoms. The molecule has 2 N–H and O–H groups in total. The second-order valence-electron chi connectivity index (χ2n) is 10.9. The lowest BCUT2D eigenvalue weighted by molar-refractivity contribution is -0.187. The Kier molecular flexibility index (Phi) is 11.8. The molecule has 46 heavy (non-hydrogen) atoms. The Hall–Kier alpha value is -4.85. The van der Waals surface area contributed by atoms with E-state index in [1.54, 1.807) is 49.4 Å². The summed E-state index contributed by atoms with van der Waals surface area (Å²) < 4.78 is 29.1. The molecule has 4 rings (SSSR count). The summed E-state index contributed by atoms with van der Waals surface area (Å²) in [6.07, 6.45) is 1.19. The maximum Gasteiger partial charge on any atom is 0.407 e. The van der Waals surface area contributed by atoms with Crippen LogP contribution in [0.5, 0.6) is 11.5 Å². The highest BCUT2D eigenvalue weighted by atomic mass is 19.1. The van der Waals surface area contributed by atoms with Gasteiger partial charge in [0.15, 0.2) is 11.5 Å². The van der Waals surface area contributed by atoms with Gasteiger partial charge in [-0.2, -0.15) is 0 Å². The van der Waals surface area contributed by atoms with Crippen LogP contribution in [0.1, 0.15) is 24.0 Å². The van der Waals surface area contributed by atoms with Gasteiger partial charge >= 0.3 is 12.1 Å². The number of alkyl carbamates (subject to hydrolysis) is 1. The zero-order chi connectivity index (χ0) is 33.2. The van der Waals surface area contributed by atoms with Gasteiger partial charge < -0.3 is 34.6 Å². The van der Waals surface area contributed by atoms with E-state index >= 15 is 0 Å². The van der Waals surface area contributed by atoms with Crippen molar-refractivity contribution >= 4 is 23.9 Å². The van der Waals surface area contributed by atoms with Crippen LogP contribution in [0.3, 0.4) is 0 Å². The molecule has 2 fully saturated rings. The number of likely N-dealkylation sites (N-methyl/N-ethyl adjacent to an activating group) is 1. The van der Waals surface area contributed by atoms with Gasteiger partial charge in [0.2, 0.25) is 11.8 Å². The number of carbonyl (C=O) groups excluding carboxylic acids is 4. The molecule has 2 aliphatic rings. The molecule has 0 unspecified atom stereocenters. The van der Waals surface area contributed by atoms with Crippen molar-refractivity contribution in [2.45, 2.75) is 38.0 Å². The standard InChI is InChI=1S/C32H41FN6O7/c1-5-17-46-32(43)34-15-6-7-25-30(41)37(16-14-22-10-13-26(44-3)27(18-22)45-4)20-28-38(25)29(40)21-36(2)39(28)31(42)35-19-23-8-11-24(33)12-9-23/h5,8-13,18,25,28H,1,6-7,14-17,19-21H2,2-4H3,(H,34,43)(H,35,42)/t25-,28-/m0/s1. The fourth-order valence-corrected chi connectivity index (χ4v) is 5.62. The lowest BCUT2D eigenvalue weighted by Crippen LogP contribution is -2.76. The number of ether oxygens (including phenoxy) is 3. The van der Waals surface area contributed by atoms with Crippen molar-refractivity contribution in [2.24, 2.45) is 0 Å². The predicted molar refractivity (Wildman–Crippen MR) is 166 cm³/mol. The molecule has 248 valence electrons. The first-order valence-corrected chi connectivity index (χ1v) is 15.0. The smallest absolute Gasteiger partial charge is 0.407 e. The number of urea groups is 1. The number of hydrogen-bond acceptors (Lipinski definition) is 8. The fourth-order valence-electron chi connectivity index (χ4n) is 5.62. The second-order valence-corrected chi connectivity index (χ2v) is 10.9. The van der Waals surface area contributed by atoms with Gasteiger partial charge in [0.25, 0.3) is 0 Å². The number of halogens is 1. The number of fused-ring (bicyclic) bond motifs is 1. The van der Waals surface area contributed by atoms with Gasteiger partial charge in [-0.1, -0.05) is 30.9 Å². The monoisotopic (exact) mass is 640 g/mol. The first-order chi connectivity index (χ1) is 22.2. The van der Waals surface area contributed by atoms with E-state index in [1.165, 1.54) is 28.1 Å². The summed E-state index contributed by atoms with van der Waals surface area (Å²) in [5.74, 6) is 0.248. The minimum Gasteiger partial charge on any atom is -0.493 e. The quantitative estimate of drug-likeness (QED) is 0.252. The molecular formula is C32H41FN6O7. The summed E-state index contributed by atoms with van der Waals surface area (Å²) in [5, 5.41) is 8.49. The molecule has 14 heteroatoms. The topological polar surface area (TPSA) is 133 Å². The van der Waals surface area contributed by atoms with Crippen molar-refractivity contribution in [3.05, 3.63) is 72.1 Å². The number of nitrogens with zero attached hydrogens (tertiary/aromatic N) is 4. The Morgan fingerprint density at radius 1 is 1.04 bits per heavy atom. The minimum atomic E-state index is -0.858. The average molecular weight is 641 g/mol. The number of hydrazine groups is 1. The zero-order valence-electron chi connectivity index (χ0n) is 26.4. The molecule has 0 bridgehead atoms. The Morgan fingerprint density at radius 2 is 1.76 bits per heavy atom. The van der Waals surface area contributed by atoms with E-state index in [0.29, 0.717) is 36.4 Å². The van der Waals surface area contributed by atoms with E-state index in [9.17, 15) is 23.6 Å². The molecule has 2 aliphatic heterocycles. The molecular weight excluding hydrogens is 599 g/mol. The number of piperazine rings is 1. The van der Waals surface area contributed by atoms with Crippen LogP contribution in [0.15, 0.2) is 55.1 Å². The Labute approximate surface area is 267 Å². The lowest BCUT2D eigenvalue weighted by atomic mass is 10.0. The van der Waals surface area contributed by atoms with E-state index in [0.717, 1.165) is 5.56 Å². The molecule has 0 aromatic heterocycles. The summed E-state index contributed by atoms with van der Waals surface area (Å²) in [4.78, 5) is 56.0. The molecule has 13 nitrogen and oxygen atoms in total. The van der Waals surface area contributed by atoms with Gasteiger partial charge in [-0.05, 0) is 54.7 Å². The van der Waals surface area contributed by atoms with Crippen molar-refractivity contribution in [1.82, 2.24) is 30.5 Å². The van der Waals surface area contributed by atoms with Crippen LogP contribution in [0.2, 0.25) is 0 Å². The van der Waals surface area contributed by atoms with Crippen LogP contribution in [0, 0.1) is 5.82 Å². The van der Waals surface area contributed by atoms with Crippen LogP contribution < -0.4 is 20.1 Å². The van der Waals surface area contributed by atoms with Gasteiger partial charge in [0, 0.05) is 26.7 Å². The number of amides is 5. The number of hydrogen-bond donors (Lipinski definition) is 2. The van der Waals surface area contributed by atoms with Gasteiger partial charge in [-0.25, -0.2) is 24.0 Å². The van der Waals surface area contributed by atoms with Gasteiger partial charge in [-0.3, -0.25) is 9.59 Å². The highest BCUT2D eigenvalue weighted by molar-refractivity contribution is 5.91. The molecule has 0 radical (unpaired) electrons. The maximum atomic E-state index is 13.9. The highest BCUT2D eigenvalue weighted by Crippen LogP contribution is 2.30. The zero-order valence-corrected chi connectivity index (χ0v) is 26.4. The Morgan fingerprint density at radius 3 is 2.46 bits per heavy atom. The summed E-state index contributed by atoms with van der Waals surface area (Å²) >= 11 is 0. The van der Waals surface area contributed by atoms with Gasteiger partial charge in [0.05, 0.1) is 27.3 Å². The third-order valence-electron chi connectivity index (χ3n) is 7.88. The maximum absolute atomic E-state index is 13.9. The van der Waals surface area contributed by atoms with Crippen molar-refractivity contribution < 1.29 is 37.8 Å². The Balaban J connectivity index is 1.54. The molecule has 2 heterocycles. The predicted octanol–water partition coefficient (Wildman–Crippen LogP) is 2.52. The summed E-state index contributed by atoms with van der Waals surface area (Å²) in [7, 11) is 4.75. The first kappa shape index (κ1) is 34.0. The van der Waals surface area contributed by atoms with Crippen LogP contribution in [-0.2, 0) is 27.3 Å². The summed E-state index contributed by atoms with van der Waals surface area (Å²) in [6, 6.07) is 10.0. The van der Waals surface area contributed by atoms with E-state index in [-0.39, 0.29) is 56.8 Å². The summed E-state index contributed by atoms with van der Waals surface area (Å²) in [6.45, 7) is 4.25. The average Bonchev–Trinajstić information content (AvgIpc) is 3.05. The Bertz CT molecular complexity index is 1410. The van der Waals surface area contributed by atoms with Crippen LogP contribution in [-0.4, -0.2) is 110 Å². The third-order valence-corrected chi connectivity index (χ3v) is 7.88. The number of nitrogens with one attached hydrogen (secondary N) is 2. The van der Waals surface area contributed by atoms with Crippen LogP contribution in [0.4, 0.5) is 14.0 Å². The van der Waals surface area contributed by atoms with Gasteiger partial charge in [0.1, 0.15) is 24.6 Å². The summed E-state index contributed by atoms with van der Waals surface area (Å²) in [5.41, 5.74) is 1.62. The number of rotatable bonds is 13. The molecule has 2 saturated heterocycles.